The molecule has 16 heavy (non-hydrogen) atoms. The summed E-state index contributed by atoms with van der Waals surface area (Å²) >= 11 is 0. The van der Waals surface area contributed by atoms with E-state index in [1.54, 1.807) is 24.3 Å². The monoisotopic (exact) mass is 226 g/mol. The summed E-state index contributed by atoms with van der Waals surface area (Å²) in [6, 6.07) is 6.98. The Labute approximate surface area is 90.9 Å². The molecule has 0 radical (unpaired) electrons. The van der Waals surface area contributed by atoms with Crippen molar-refractivity contribution >= 4 is 11.0 Å². The molecule has 0 saturated heterocycles. The molecule has 0 saturated carbocycles. The summed E-state index contributed by atoms with van der Waals surface area (Å²) in [5, 5.41) is 0. The SMILES string of the molecule is CCn1c(=O)n(CC(F)F)c2ccccc21. The van der Waals surface area contributed by atoms with E-state index < -0.39 is 13.0 Å². The second-order valence-electron chi connectivity index (χ2n) is 3.52. The molecule has 0 spiro atoms. The van der Waals surface area contributed by atoms with Gasteiger partial charge in [0.1, 0.15) is 0 Å². The number of hydrogen-bond acceptors (Lipinski definition) is 1. The van der Waals surface area contributed by atoms with Crippen LogP contribution >= 0.6 is 0 Å². The van der Waals surface area contributed by atoms with Crippen LogP contribution < -0.4 is 5.69 Å². The highest BCUT2D eigenvalue weighted by atomic mass is 19.3. The lowest BCUT2D eigenvalue weighted by molar-refractivity contribution is 0.126. The van der Waals surface area contributed by atoms with Gasteiger partial charge >= 0.3 is 5.69 Å². The van der Waals surface area contributed by atoms with Crippen molar-refractivity contribution in [2.75, 3.05) is 0 Å². The fourth-order valence-corrected chi connectivity index (χ4v) is 1.89. The van der Waals surface area contributed by atoms with Crippen molar-refractivity contribution in [1.29, 1.82) is 0 Å². The molecule has 5 heteroatoms. The Morgan fingerprint density at radius 1 is 1.19 bits per heavy atom. The van der Waals surface area contributed by atoms with Gasteiger partial charge in [0.25, 0.3) is 6.43 Å². The number of para-hydroxylation sites is 2. The van der Waals surface area contributed by atoms with E-state index in [2.05, 4.69) is 0 Å². The molecule has 1 heterocycles. The van der Waals surface area contributed by atoms with Crippen LogP contribution in [0, 0.1) is 0 Å². The van der Waals surface area contributed by atoms with Crippen LogP contribution in [0.1, 0.15) is 6.92 Å². The van der Waals surface area contributed by atoms with Crippen molar-refractivity contribution in [1.82, 2.24) is 9.13 Å². The maximum absolute atomic E-state index is 12.4. The average molecular weight is 226 g/mol. The highest BCUT2D eigenvalue weighted by Crippen LogP contribution is 2.13. The zero-order valence-corrected chi connectivity index (χ0v) is 8.86. The first-order chi connectivity index (χ1) is 7.65. The van der Waals surface area contributed by atoms with E-state index in [9.17, 15) is 13.6 Å². The molecule has 0 fully saturated rings. The molecule has 86 valence electrons. The van der Waals surface area contributed by atoms with Gasteiger partial charge in [-0.2, -0.15) is 0 Å². The number of alkyl halides is 2. The fourth-order valence-electron chi connectivity index (χ4n) is 1.89. The molecular weight excluding hydrogens is 214 g/mol. The molecule has 0 aliphatic rings. The van der Waals surface area contributed by atoms with Crippen molar-refractivity contribution in [3.8, 4) is 0 Å². The van der Waals surface area contributed by atoms with E-state index in [1.807, 2.05) is 6.92 Å². The lowest BCUT2D eigenvalue weighted by Gasteiger charge is -2.00. The van der Waals surface area contributed by atoms with Gasteiger partial charge in [-0.05, 0) is 19.1 Å². The van der Waals surface area contributed by atoms with Gasteiger partial charge in [0, 0.05) is 6.54 Å². The van der Waals surface area contributed by atoms with Crippen molar-refractivity contribution in [3.05, 3.63) is 34.7 Å². The second kappa shape index (κ2) is 4.08. The van der Waals surface area contributed by atoms with Crippen molar-refractivity contribution in [2.45, 2.75) is 26.4 Å². The maximum Gasteiger partial charge on any atom is 0.329 e. The smallest absolute Gasteiger partial charge is 0.292 e. The van der Waals surface area contributed by atoms with E-state index in [1.165, 1.54) is 4.57 Å². The van der Waals surface area contributed by atoms with E-state index in [4.69, 9.17) is 0 Å². The van der Waals surface area contributed by atoms with Gasteiger partial charge in [-0.25, -0.2) is 13.6 Å². The van der Waals surface area contributed by atoms with Crippen LogP contribution in [-0.2, 0) is 13.1 Å². The lowest BCUT2D eigenvalue weighted by atomic mass is 10.3. The number of benzene rings is 1. The van der Waals surface area contributed by atoms with Crippen LogP contribution in [-0.4, -0.2) is 15.6 Å². The Balaban J connectivity index is 2.72. The highest BCUT2D eigenvalue weighted by molar-refractivity contribution is 5.75. The number of rotatable bonds is 3. The van der Waals surface area contributed by atoms with Gasteiger partial charge in [-0.1, -0.05) is 12.1 Å². The zero-order chi connectivity index (χ0) is 11.7. The van der Waals surface area contributed by atoms with Gasteiger partial charge in [0.2, 0.25) is 0 Å². The molecule has 0 aliphatic carbocycles. The summed E-state index contributed by atoms with van der Waals surface area (Å²) in [5.74, 6) is 0. The van der Waals surface area contributed by atoms with Gasteiger partial charge in [0.05, 0.1) is 17.6 Å². The molecule has 3 nitrogen and oxygen atoms in total. The largest absolute Gasteiger partial charge is 0.329 e. The molecule has 0 bridgehead atoms. The Kier molecular flexibility index (Phi) is 2.77. The Hall–Kier alpha value is -1.65. The Morgan fingerprint density at radius 3 is 2.25 bits per heavy atom. The summed E-state index contributed by atoms with van der Waals surface area (Å²) in [6.45, 7) is 1.75. The molecule has 0 amide bonds. The summed E-state index contributed by atoms with van der Waals surface area (Å²) in [4.78, 5) is 11.8. The lowest BCUT2D eigenvalue weighted by Crippen LogP contribution is -2.26. The van der Waals surface area contributed by atoms with E-state index in [0.717, 1.165) is 4.57 Å². The second-order valence-corrected chi connectivity index (χ2v) is 3.52. The summed E-state index contributed by atoms with van der Waals surface area (Å²) in [6.07, 6.45) is -2.52. The van der Waals surface area contributed by atoms with Crippen molar-refractivity contribution in [3.63, 3.8) is 0 Å². The van der Waals surface area contributed by atoms with E-state index >= 15 is 0 Å². The summed E-state index contributed by atoms with van der Waals surface area (Å²) < 4.78 is 27.4. The first kappa shape index (κ1) is 10.9. The number of nitrogens with zero attached hydrogens (tertiary/aromatic N) is 2. The maximum atomic E-state index is 12.4. The topological polar surface area (TPSA) is 26.9 Å². The number of imidazole rings is 1. The Bertz CT molecular complexity index is 557. The van der Waals surface area contributed by atoms with E-state index in [-0.39, 0.29) is 5.69 Å². The van der Waals surface area contributed by atoms with Gasteiger partial charge in [-0.3, -0.25) is 9.13 Å². The van der Waals surface area contributed by atoms with Gasteiger partial charge < -0.3 is 0 Å². The quantitative estimate of drug-likeness (QED) is 0.787. The van der Waals surface area contributed by atoms with Crippen molar-refractivity contribution < 1.29 is 8.78 Å². The molecule has 0 N–H and O–H groups in total. The molecule has 1 aromatic heterocycles. The van der Waals surface area contributed by atoms with Crippen LogP contribution in [0.2, 0.25) is 0 Å². The van der Waals surface area contributed by atoms with Crippen LogP contribution in [0.25, 0.3) is 11.0 Å². The van der Waals surface area contributed by atoms with Crippen LogP contribution in [0.15, 0.2) is 29.1 Å². The normalized spacial score (nSPS) is 11.5. The van der Waals surface area contributed by atoms with Gasteiger partial charge in [-0.15, -0.1) is 0 Å². The molecule has 0 atom stereocenters. The zero-order valence-electron chi connectivity index (χ0n) is 8.86. The number of halogens is 2. The molecule has 1 aromatic carbocycles. The van der Waals surface area contributed by atoms with Crippen LogP contribution in [0.5, 0.6) is 0 Å². The molecular formula is C11H12F2N2O. The van der Waals surface area contributed by atoms with Crippen LogP contribution in [0.3, 0.4) is 0 Å². The minimum Gasteiger partial charge on any atom is -0.292 e. The first-order valence-electron chi connectivity index (χ1n) is 5.11. The number of fused-ring (bicyclic) bond motifs is 1. The summed E-state index contributed by atoms with van der Waals surface area (Å²) in [5.41, 5.74) is 0.898. The predicted octanol–water partition coefficient (Wildman–Crippen LogP) is 2.09. The number of aryl methyl sites for hydroxylation is 1. The molecule has 2 aromatic rings. The third kappa shape index (κ3) is 1.62. The van der Waals surface area contributed by atoms with Crippen molar-refractivity contribution in [2.24, 2.45) is 0 Å². The standard InChI is InChI=1S/C11H12F2N2O/c1-2-14-8-5-3-4-6-9(8)15(11(14)16)7-10(12)13/h3-6,10H,2,7H2,1H3. The minimum absolute atomic E-state index is 0.371. The Morgan fingerprint density at radius 2 is 1.75 bits per heavy atom. The molecule has 0 aliphatic heterocycles. The van der Waals surface area contributed by atoms with E-state index in [0.29, 0.717) is 17.6 Å². The molecule has 2 rings (SSSR count). The number of aromatic nitrogens is 2. The first-order valence-corrected chi connectivity index (χ1v) is 5.11. The predicted molar refractivity (Wildman–Crippen MR) is 57.9 cm³/mol. The third-order valence-electron chi connectivity index (χ3n) is 2.56. The minimum atomic E-state index is -2.52. The summed E-state index contributed by atoms with van der Waals surface area (Å²) in [7, 11) is 0. The third-order valence-corrected chi connectivity index (χ3v) is 2.56. The van der Waals surface area contributed by atoms with Gasteiger partial charge in [0.15, 0.2) is 0 Å². The number of hydrogen-bond donors (Lipinski definition) is 0. The molecule has 0 unspecified atom stereocenters. The van der Waals surface area contributed by atoms with Crippen LogP contribution in [0.4, 0.5) is 8.78 Å². The fraction of sp³-hybridized carbons (Fsp3) is 0.364. The highest BCUT2D eigenvalue weighted by Gasteiger charge is 2.14. The average Bonchev–Trinajstić information content (AvgIpc) is 2.52.